The van der Waals surface area contributed by atoms with Crippen LogP contribution in [0.25, 0.3) is 10.8 Å². The molecule has 0 spiro atoms. The minimum Gasteiger partial charge on any atom is -0.511 e. The summed E-state index contributed by atoms with van der Waals surface area (Å²) in [5.41, 5.74) is 3.82. The van der Waals surface area contributed by atoms with Gasteiger partial charge < -0.3 is 9.63 Å². The van der Waals surface area contributed by atoms with E-state index in [-0.39, 0.29) is 35.2 Å². The van der Waals surface area contributed by atoms with Gasteiger partial charge in [-0.05, 0) is 35.8 Å². The number of carbonyl (C=O) groups is 2. The average Bonchev–Trinajstić information content (AvgIpc) is 3.37. The van der Waals surface area contributed by atoms with E-state index in [1.807, 2.05) is 72.8 Å². The number of fused-ring (bicyclic) bond motifs is 2. The number of carbonyl (C=O) groups excluding carboxylic acids is 2. The highest BCUT2D eigenvalue weighted by molar-refractivity contribution is 6.25. The molecule has 1 N–H and O–H groups in total. The molecule has 0 amide bonds. The molecule has 1 unspecified atom stereocenters. The molecule has 1 fully saturated rings. The lowest BCUT2D eigenvalue weighted by Crippen LogP contribution is -2.26. The van der Waals surface area contributed by atoms with Crippen LogP contribution in [-0.4, -0.2) is 27.5 Å². The zero-order valence-corrected chi connectivity index (χ0v) is 21.0. The van der Waals surface area contributed by atoms with Crippen molar-refractivity contribution in [1.29, 1.82) is 0 Å². The van der Waals surface area contributed by atoms with E-state index < -0.39 is 0 Å². The number of allylic oxidation sites excluding steroid dienone is 2. The molecule has 1 aromatic heterocycles. The zero-order chi connectivity index (χ0) is 26.1. The fraction of sp³-hybridized carbons (Fsp3) is 0.250. The monoisotopic (exact) mass is 504 g/mol. The summed E-state index contributed by atoms with van der Waals surface area (Å²) in [6.07, 6.45) is 3.28. The quantitative estimate of drug-likeness (QED) is 0.233. The van der Waals surface area contributed by atoms with Crippen LogP contribution in [0.2, 0.25) is 0 Å². The van der Waals surface area contributed by atoms with Crippen LogP contribution in [0.15, 0.2) is 93.6 Å². The molecule has 38 heavy (non-hydrogen) atoms. The first kappa shape index (κ1) is 24.0. The van der Waals surface area contributed by atoms with Crippen LogP contribution in [-0.2, 0) is 17.6 Å². The summed E-state index contributed by atoms with van der Waals surface area (Å²) in [5.74, 6) is 0.503. The van der Waals surface area contributed by atoms with Crippen LogP contribution >= 0.6 is 0 Å². The van der Waals surface area contributed by atoms with Crippen LogP contribution in [0.5, 0.6) is 0 Å². The molecule has 1 heterocycles. The summed E-state index contributed by atoms with van der Waals surface area (Å²) in [6, 6.07) is 23.9. The number of aliphatic hydroxyl groups excluding tert-OH is 1. The van der Waals surface area contributed by atoms with Crippen molar-refractivity contribution in [1.82, 2.24) is 5.16 Å². The first-order valence-corrected chi connectivity index (χ1v) is 13.1. The summed E-state index contributed by atoms with van der Waals surface area (Å²) < 4.78 is 5.40. The number of aromatic nitrogens is 1. The van der Waals surface area contributed by atoms with Gasteiger partial charge in [0.15, 0.2) is 11.6 Å². The Labute approximate surface area is 220 Å². The maximum absolute atomic E-state index is 13.5. The molecule has 6 nitrogen and oxygen atoms in total. The lowest BCUT2D eigenvalue weighted by atomic mass is 9.78. The molecule has 0 saturated heterocycles. The Bertz CT molecular complexity index is 1590. The van der Waals surface area contributed by atoms with Crippen molar-refractivity contribution in [2.75, 3.05) is 0 Å². The summed E-state index contributed by atoms with van der Waals surface area (Å²) in [5, 5.41) is 17.4. The largest absolute Gasteiger partial charge is 0.511 e. The lowest BCUT2D eigenvalue weighted by Gasteiger charge is -2.26. The second kappa shape index (κ2) is 10.2. The third-order valence-electron chi connectivity index (χ3n) is 7.54. The number of benzene rings is 3. The highest BCUT2D eigenvalue weighted by Gasteiger charge is 2.33. The van der Waals surface area contributed by atoms with Crippen LogP contribution in [0, 0.1) is 0 Å². The van der Waals surface area contributed by atoms with E-state index >= 15 is 0 Å². The molecule has 4 aromatic rings. The fourth-order valence-corrected chi connectivity index (χ4v) is 5.65. The number of Topliss-reactive ketones (excluding diaryl/α,β-unsaturated/α-hetero) is 2. The molecular formula is C32H28N2O4. The predicted octanol–water partition coefficient (Wildman–Crippen LogP) is 7.01. The minimum absolute atomic E-state index is 0.0134. The van der Waals surface area contributed by atoms with Gasteiger partial charge in [0, 0.05) is 37.5 Å². The maximum atomic E-state index is 13.5. The van der Waals surface area contributed by atoms with E-state index in [2.05, 4.69) is 5.16 Å². The standard InChI is InChI=1S/C32H28N2O4/c35-27-14-7-15-30-32(27)25(34-38-30)16-17-28(36)31-26(18-22(19-29(31)37)20-8-2-1-3-9-20)33-24-13-6-11-21-10-4-5-12-23(21)24/h1-6,8-13,22,36H,7,14-19H2/b31-28+,33-26?. The highest BCUT2D eigenvalue weighted by atomic mass is 16.5. The van der Waals surface area contributed by atoms with Gasteiger partial charge in [-0.1, -0.05) is 71.9 Å². The number of nitrogens with zero attached hydrogens (tertiary/aromatic N) is 2. The van der Waals surface area contributed by atoms with Gasteiger partial charge in [-0.2, -0.15) is 0 Å². The number of rotatable bonds is 5. The SMILES string of the molecule is O=C1CC(c2ccccc2)CC(=Nc2cccc3ccccc23)/C1=C(\O)CCc1noc2c1C(=O)CCC2. The molecule has 1 atom stereocenters. The van der Waals surface area contributed by atoms with Gasteiger partial charge in [-0.3, -0.25) is 14.6 Å². The van der Waals surface area contributed by atoms with Gasteiger partial charge in [0.2, 0.25) is 0 Å². The van der Waals surface area contributed by atoms with E-state index in [9.17, 15) is 14.7 Å². The van der Waals surface area contributed by atoms with Gasteiger partial charge in [0.25, 0.3) is 0 Å². The van der Waals surface area contributed by atoms with Gasteiger partial charge in [0.05, 0.1) is 28.2 Å². The third kappa shape index (κ3) is 4.58. The van der Waals surface area contributed by atoms with Crippen molar-refractivity contribution in [3.63, 3.8) is 0 Å². The smallest absolute Gasteiger partial charge is 0.168 e. The van der Waals surface area contributed by atoms with Crippen molar-refractivity contribution < 1.29 is 19.2 Å². The summed E-state index contributed by atoms with van der Waals surface area (Å²) in [6.45, 7) is 0. The van der Waals surface area contributed by atoms with E-state index in [1.165, 1.54) is 0 Å². The van der Waals surface area contributed by atoms with Crippen molar-refractivity contribution in [2.24, 2.45) is 4.99 Å². The number of aliphatic imine (C=N–C) groups is 1. The first-order valence-electron chi connectivity index (χ1n) is 13.1. The molecule has 2 aliphatic carbocycles. The molecule has 0 bridgehead atoms. The highest BCUT2D eigenvalue weighted by Crippen LogP contribution is 2.36. The Morgan fingerprint density at radius 3 is 2.58 bits per heavy atom. The number of ketones is 2. The van der Waals surface area contributed by atoms with Gasteiger partial charge in [-0.15, -0.1) is 0 Å². The topological polar surface area (TPSA) is 92.8 Å². The van der Waals surface area contributed by atoms with E-state index in [0.29, 0.717) is 54.8 Å². The van der Waals surface area contributed by atoms with Gasteiger partial charge in [-0.25, -0.2) is 0 Å². The van der Waals surface area contributed by atoms with Crippen molar-refractivity contribution in [2.45, 2.75) is 50.9 Å². The molecule has 190 valence electrons. The predicted molar refractivity (Wildman–Crippen MR) is 146 cm³/mol. The Morgan fingerprint density at radius 2 is 1.71 bits per heavy atom. The maximum Gasteiger partial charge on any atom is 0.168 e. The van der Waals surface area contributed by atoms with Crippen molar-refractivity contribution in [3.05, 3.63) is 107 Å². The van der Waals surface area contributed by atoms with E-state index in [0.717, 1.165) is 28.4 Å². The fourth-order valence-electron chi connectivity index (χ4n) is 5.65. The Hall–Kier alpha value is -4.32. The van der Waals surface area contributed by atoms with Crippen molar-refractivity contribution >= 4 is 33.7 Å². The zero-order valence-electron chi connectivity index (χ0n) is 21.0. The van der Waals surface area contributed by atoms with Gasteiger partial charge in [0.1, 0.15) is 11.5 Å². The number of hydrogen-bond acceptors (Lipinski definition) is 6. The van der Waals surface area contributed by atoms with Crippen LogP contribution in [0.4, 0.5) is 5.69 Å². The van der Waals surface area contributed by atoms with Crippen molar-refractivity contribution in [3.8, 4) is 0 Å². The van der Waals surface area contributed by atoms with Crippen LogP contribution in [0.3, 0.4) is 0 Å². The first-order chi connectivity index (χ1) is 18.6. The third-order valence-corrected chi connectivity index (χ3v) is 7.54. The van der Waals surface area contributed by atoms with Crippen LogP contribution < -0.4 is 0 Å². The number of hydrogen-bond donors (Lipinski definition) is 1. The number of aliphatic hydroxyl groups is 1. The van der Waals surface area contributed by atoms with E-state index in [4.69, 9.17) is 9.52 Å². The molecule has 0 radical (unpaired) electrons. The minimum atomic E-state index is -0.125. The van der Waals surface area contributed by atoms with Gasteiger partial charge >= 0.3 is 0 Å². The average molecular weight is 505 g/mol. The number of aryl methyl sites for hydroxylation is 2. The normalized spacial score (nSPS) is 20.1. The Balaban J connectivity index is 1.38. The summed E-state index contributed by atoms with van der Waals surface area (Å²) in [4.78, 5) is 31.0. The molecule has 1 saturated carbocycles. The summed E-state index contributed by atoms with van der Waals surface area (Å²) in [7, 11) is 0. The second-order valence-corrected chi connectivity index (χ2v) is 10.0. The molecule has 6 rings (SSSR count). The lowest BCUT2D eigenvalue weighted by molar-refractivity contribution is -0.116. The second-order valence-electron chi connectivity index (χ2n) is 10.0. The Morgan fingerprint density at radius 1 is 0.921 bits per heavy atom. The van der Waals surface area contributed by atoms with Crippen LogP contribution in [0.1, 0.15) is 65.4 Å². The summed E-state index contributed by atoms with van der Waals surface area (Å²) >= 11 is 0. The molecule has 2 aliphatic rings. The molecule has 6 heteroatoms. The van der Waals surface area contributed by atoms with E-state index in [1.54, 1.807) is 0 Å². The Kier molecular flexibility index (Phi) is 6.46. The molecular weight excluding hydrogens is 476 g/mol. The molecule has 0 aliphatic heterocycles. The molecule has 3 aromatic carbocycles.